The summed E-state index contributed by atoms with van der Waals surface area (Å²) in [6.07, 6.45) is 10.6. The topological polar surface area (TPSA) is 77.3 Å². The second kappa shape index (κ2) is 21.7. The number of hydrogen-bond acceptors (Lipinski definition) is 6. The van der Waals surface area contributed by atoms with Crippen LogP contribution in [0.1, 0.15) is 0 Å². The summed E-state index contributed by atoms with van der Waals surface area (Å²) in [5.41, 5.74) is 5.49. The number of rotatable bonds is 3. The monoisotopic (exact) mass is 701 g/mol. The molecule has 6 nitrogen and oxygen atoms in total. The van der Waals surface area contributed by atoms with Crippen molar-refractivity contribution in [1.29, 1.82) is 0 Å². The molecule has 0 aliphatic carbocycles. The molecule has 0 saturated carbocycles. The third-order valence-electron chi connectivity index (χ3n) is 4.78. The van der Waals surface area contributed by atoms with Crippen molar-refractivity contribution in [3.63, 3.8) is 0 Å². The summed E-state index contributed by atoms with van der Waals surface area (Å²) in [7, 11) is -12.0. The zero-order valence-corrected chi connectivity index (χ0v) is 25.1. The van der Waals surface area contributed by atoms with Crippen molar-refractivity contribution in [1.82, 2.24) is 29.9 Å². The summed E-state index contributed by atoms with van der Waals surface area (Å²) in [4.78, 5) is 25.1. The molecule has 0 N–H and O–H groups in total. The summed E-state index contributed by atoms with van der Waals surface area (Å²) in [6.45, 7) is 0. The maximum absolute atomic E-state index is 9.75. The molecule has 6 aromatic rings. The predicted molar refractivity (Wildman–Crippen MR) is 163 cm³/mol. The molecule has 245 valence electrons. The number of halogens is 8. The van der Waals surface area contributed by atoms with Crippen molar-refractivity contribution in [3.8, 4) is 34.2 Å². The van der Waals surface area contributed by atoms with Crippen LogP contribution in [0.25, 0.3) is 34.2 Å². The average molecular weight is 701 g/mol. The molecule has 6 aromatic heterocycles. The molecule has 0 spiro atoms. The molecular weight excluding hydrogens is 677 g/mol. The molecule has 0 fully saturated rings. The number of nitrogens with zero attached hydrogens (tertiary/aromatic N) is 6. The second-order valence-corrected chi connectivity index (χ2v) is 8.28. The van der Waals surface area contributed by atoms with Crippen molar-refractivity contribution < 1.29 is 51.3 Å². The molecule has 1 radical (unpaired) electrons. The molecule has 0 aliphatic heterocycles. The zero-order chi connectivity index (χ0) is 33.7. The van der Waals surface area contributed by atoms with Crippen molar-refractivity contribution in [3.05, 3.63) is 146 Å². The first kappa shape index (κ1) is 40.0. The van der Waals surface area contributed by atoms with Crippen LogP contribution in [0.5, 0.6) is 0 Å². The van der Waals surface area contributed by atoms with E-state index in [4.69, 9.17) is 0 Å². The third-order valence-corrected chi connectivity index (χ3v) is 4.78. The fourth-order valence-corrected chi connectivity index (χ4v) is 3.09. The van der Waals surface area contributed by atoms with Crippen LogP contribution >= 0.6 is 0 Å². The standard InChI is InChI=1S/3C10H8N2.2BF4.Co/c3*1-3-7-11-9(5-1)10-6-2-4-8-12-10;2*2-1(3,4)5;/h3*1-8H;;;/q;;;2*-1;+2. The smallest absolute Gasteiger partial charge is 0.418 e. The molecule has 0 aromatic carbocycles. The molecule has 6 rings (SSSR count). The summed E-state index contributed by atoms with van der Waals surface area (Å²) < 4.78 is 78.0. The van der Waals surface area contributed by atoms with Crippen LogP contribution in [0, 0.1) is 0 Å². The minimum atomic E-state index is -6.00. The van der Waals surface area contributed by atoms with E-state index in [-0.39, 0.29) is 16.8 Å². The molecule has 0 amide bonds. The molecule has 0 atom stereocenters. The van der Waals surface area contributed by atoms with Crippen molar-refractivity contribution in [2.24, 2.45) is 0 Å². The summed E-state index contributed by atoms with van der Waals surface area (Å²) in [5.74, 6) is 0. The Morgan fingerprint density at radius 1 is 0.277 bits per heavy atom. The fraction of sp³-hybridized carbons (Fsp3) is 0. The molecule has 6 heterocycles. The molecule has 47 heavy (non-hydrogen) atoms. The Balaban J connectivity index is 0.000000307. The van der Waals surface area contributed by atoms with Gasteiger partial charge in [0.2, 0.25) is 0 Å². The SMILES string of the molecule is F[B-](F)(F)F.F[B-](F)(F)F.[Co+2].c1ccc(-c2ccccn2)nc1.c1ccc(-c2ccccn2)nc1.c1ccc(-c2ccccn2)nc1. The maximum Gasteiger partial charge on any atom is 2.00 e. The predicted octanol–water partition coefficient (Wildman–Crippen LogP) is 9.03. The van der Waals surface area contributed by atoms with Crippen molar-refractivity contribution in [2.75, 3.05) is 0 Å². The Hall–Kier alpha value is -5.02. The number of hydrogen-bond donors (Lipinski definition) is 0. The Bertz CT molecular complexity index is 1300. The van der Waals surface area contributed by atoms with Gasteiger partial charge in [0, 0.05) is 37.2 Å². The van der Waals surface area contributed by atoms with E-state index in [1.54, 1.807) is 37.2 Å². The quantitative estimate of drug-likeness (QED) is 0.136. The Labute approximate surface area is 275 Å². The van der Waals surface area contributed by atoms with Gasteiger partial charge in [-0.1, -0.05) is 36.4 Å². The zero-order valence-electron chi connectivity index (χ0n) is 24.1. The van der Waals surface area contributed by atoms with Gasteiger partial charge < -0.3 is 34.5 Å². The summed E-state index contributed by atoms with van der Waals surface area (Å²) >= 11 is 0. The van der Waals surface area contributed by atoms with Crippen LogP contribution in [-0.2, 0) is 16.8 Å². The van der Waals surface area contributed by atoms with Crippen LogP contribution in [-0.4, -0.2) is 44.4 Å². The van der Waals surface area contributed by atoms with E-state index < -0.39 is 14.5 Å². The van der Waals surface area contributed by atoms with E-state index in [2.05, 4.69) is 29.9 Å². The van der Waals surface area contributed by atoms with Gasteiger partial charge in [-0.2, -0.15) is 0 Å². The van der Waals surface area contributed by atoms with Gasteiger partial charge in [-0.3, -0.25) is 29.9 Å². The molecule has 0 saturated heterocycles. The van der Waals surface area contributed by atoms with E-state index in [0.29, 0.717) is 0 Å². The Morgan fingerprint density at radius 3 is 0.489 bits per heavy atom. The first-order valence-electron chi connectivity index (χ1n) is 13.1. The van der Waals surface area contributed by atoms with Crippen molar-refractivity contribution in [2.45, 2.75) is 0 Å². The van der Waals surface area contributed by atoms with Gasteiger partial charge in [0.05, 0.1) is 34.2 Å². The Morgan fingerprint density at radius 2 is 0.404 bits per heavy atom. The first-order chi connectivity index (χ1) is 21.9. The fourth-order valence-electron chi connectivity index (χ4n) is 3.09. The van der Waals surface area contributed by atoms with Gasteiger partial charge in [-0.25, -0.2) is 0 Å². The minimum Gasteiger partial charge on any atom is -0.418 e. The van der Waals surface area contributed by atoms with Gasteiger partial charge in [-0.05, 0) is 72.8 Å². The maximum atomic E-state index is 9.75. The van der Waals surface area contributed by atoms with Gasteiger partial charge in [-0.15, -0.1) is 0 Å². The minimum absolute atomic E-state index is 0. The summed E-state index contributed by atoms with van der Waals surface area (Å²) in [5, 5.41) is 0. The van der Waals surface area contributed by atoms with Crippen molar-refractivity contribution >= 4 is 14.5 Å². The van der Waals surface area contributed by atoms with Gasteiger partial charge in [0.25, 0.3) is 0 Å². The molecule has 0 bridgehead atoms. The van der Waals surface area contributed by atoms with Gasteiger partial charge >= 0.3 is 31.3 Å². The van der Waals surface area contributed by atoms with E-state index >= 15 is 0 Å². The van der Waals surface area contributed by atoms with Crippen LogP contribution in [0.4, 0.5) is 34.5 Å². The molecular formula is C30H24B2CoF8N6. The van der Waals surface area contributed by atoms with Crippen LogP contribution in [0.2, 0.25) is 0 Å². The van der Waals surface area contributed by atoms with Crippen LogP contribution in [0.15, 0.2) is 146 Å². The Kier molecular flexibility index (Phi) is 18.4. The normalized spacial score (nSPS) is 9.96. The second-order valence-electron chi connectivity index (χ2n) is 8.28. The largest absolute Gasteiger partial charge is 2.00 e. The van der Waals surface area contributed by atoms with Crippen LogP contribution < -0.4 is 0 Å². The number of pyridine rings is 6. The third kappa shape index (κ3) is 20.6. The van der Waals surface area contributed by atoms with Crippen LogP contribution in [0.3, 0.4) is 0 Å². The number of aromatic nitrogens is 6. The van der Waals surface area contributed by atoms with E-state index in [1.807, 2.05) is 109 Å². The van der Waals surface area contributed by atoms with Gasteiger partial charge in [0.15, 0.2) is 0 Å². The first-order valence-corrected chi connectivity index (χ1v) is 13.1. The van der Waals surface area contributed by atoms with E-state index in [9.17, 15) is 34.5 Å². The molecule has 0 unspecified atom stereocenters. The average Bonchev–Trinajstić information content (AvgIpc) is 3.06. The van der Waals surface area contributed by atoms with E-state index in [1.165, 1.54) is 0 Å². The molecule has 17 heteroatoms. The van der Waals surface area contributed by atoms with E-state index in [0.717, 1.165) is 34.2 Å². The summed E-state index contributed by atoms with van der Waals surface area (Å²) in [6, 6.07) is 34.8. The van der Waals surface area contributed by atoms with Gasteiger partial charge in [0.1, 0.15) is 0 Å². The molecule has 0 aliphatic rings.